The predicted octanol–water partition coefficient (Wildman–Crippen LogP) is 3.14. The third-order valence-corrected chi connectivity index (χ3v) is 4.33. The quantitative estimate of drug-likeness (QED) is 0.803. The lowest BCUT2D eigenvalue weighted by molar-refractivity contribution is -0.0944. The Kier molecular flexibility index (Phi) is 5.44. The maximum atomic E-state index is 11.5. The summed E-state index contributed by atoms with van der Waals surface area (Å²) in [7, 11) is 1.35. The van der Waals surface area contributed by atoms with Crippen molar-refractivity contribution < 1.29 is 14.3 Å². The number of methoxy groups -OCH3 is 1. The molecule has 5 heteroatoms. The molecule has 5 nitrogen and oxygen atoms in total. The van der Waals surface area contributed by atoms with Gasteiger partial charge in [-0.2, -0.15) is 5.26 Å². The summed E-state index contributed by atoms with van der Waals surface area (Å²) < 4.78 is 10.7. The normalized spacial score (nSPS) is 20.6. The van der Waals surface area contributed by atoms with Gasteiger partial charge in [-0.05, 0) is 23.3 Å². The minimum Gasteiger partial charge on any atom is -0.465 e. The highest BCUT2D eigenvalue weighted by Crippen LogP contribution is 2.31. The number of benzene rings is 2. The van der Waals surface area contributed by atoms with E-state index in [1.54, 1.807) is 12.1 Å². The highest BCUT2D eigenvalue weighted by atomic mass is 16.5. The summed E-state index contributed by atoms with van der Waals surface area (Å²) in [6, 6.07) is 19.6. The summed E-state index contributed by atoms with van der Waals surface area (Å²) in [6.07, 6.45) is -0.288. The monoisotopic (exact) mass is 336 g/mol. The van der Waals surface area contributed by atoms with E-state index in [9.17, 15) is 10.1 Å². The number of ether oxygens (including phenoxy) is 2. The molecule has 3 rings (SSSR count). The molecule has 1 fully saturated rings. The SMILES string of the molecule is COC(=O)c1ccc([C@H]2OCN(Cc3ccccc3)C[C@@H]2C#N)cc1. The van der Waals surface area contributed by atoms with E-state index in [-0.39, 0.29) is 18.0 Å². The highest BCUT2D eigenvalue weighted by Gasteiger charge is 2.31. The maximum absolute atomic E-state index is 11.5. The first-order valence-corrected chi connectivity index (χ1v) is 8.17. The van der Waals surface area contributed by atoms with Crippen LogP contribution >= 0.6 is 0 Å². The summed E-state index contributed by atoms with van der Waals surface area (Å²) in [5.74, 6) is -0.636. The van der Waals surface area contributed by atoms with Gasteiger partial charge in [0, 0.05) is 13.1 Å². The summed E-state index contributed by atoms with van der Waals surface area (Å²) in [5.41, 5.74) is 2.59. The Bertz CT molecular complexity index is 753. The van der Waals surface area contributed by atoms with E-state index in [0.29, 0.717) is 18.8 Å². The Labute approximate surface area is 147 Å². The lowest BCUT2D eigenvalue weighted by atomic mass is 9.94. The van der Waals surface area contributed by atoms with Crippen LogP contribution in [-0.2, 0) is 16.0 Å². The summed E-state index contributed by atoms with van der Waals surface area (Å²) in [6.45, 7) is 1.87. The molecule has 0 radical (unpaired) electrons. The number of carbonyl (C=O) groups is 1. The number of nitriles is 1. The number of hydrogen-bond donors (Lipinski definition) is 0. The maximum Gasteiger partial charge on any atom is 0.337 e. The fourth-order valence-corrected chi connectivity index (χ4v) is 3.04. The second kappa shape index (κ2) is 7.93. The van der Waals surface area contributed by atoms with Crippen LogP contribution in [0.1, 0.15) is 27.6 Å². The standard InChI is InChI=1S/C20H20N2O3/c1-24-20(23)17-9-7-16(8-10-17)19-18(11-21)13-22(14-25-19)12-15-5-3-2-4-6-15/h2-10,18-19H,12-14H2,1H3/t18-,19+/m0/s1. The molecular weight excluding hydrogens is 316 g/mol. The molecule has 25 heavy (non-hydrogen) atoms. The average molecular weight is 336 g/mol. The summed E-state index contributed by atoms with van der Waals surface area (Å²) >= 11 is 0. The van der Waals surface area contributed by atoms with Gasteiger partial charge in [-0.25, -0.2) is 4.79 Å². The molecule has 1 heterocycles. The van der Waals surface area contributed by atoms with Crippen molar-refractivity contribution in [3.8, 4) is 6.07 Å². The van der Waals surface area contributed by atoms with E-state index >= 15 is 0 Å². The lowest BCUT2D eigenvalue weighted by Gasteiger charge is -2.35. The number of rotatable bonds is 4. The average Bonchev–Trinajstić information content (AvgIpc) is 2.68. The van der Waals surface area contributed by atoms with Gasteiger partial charge in [-0.3, -0.25) is 4.90 Å². The van der Waals surface area contributed by atoms with Crippen molar-refractivity contribution in [2.45, 2.75) is 12.6 Å². The summed E-state index contributed by atoms with van der Waals surface area (Å²) in [5, 5.41) is 9.56. The van der Waals surface area contributed by atoms with Crippen molar-refractivity contribution in [3.05, 3.63) is 71.3 Å². The van der Waals surface area contributed by atoms with Gasteiger partial charge in [0.2, 0.25) is 0 Å². The smallest absolute Gasteiger partial charge is 0.337 e. The van der Waals surface area contributed by atoms with Crippen LogP contribution in [0.3, 0.4) is 0 Å². The van der Waals surface area contributed by atoms with Gasteiger partial charge < -0.3 is 9.47 Å². The fourth-order valence-electron chi connectivity index (χ4n) is 3.04. The second-order valence-electron chi connectivity index (χ2n) is 6.06. The third kappa shape index (κ3) is 4.05. The van der Waals surface area contributed by atoms with Gasteiger partial charge in [-0.1, -0.05) is 42.5 Å². The van der Waals surface area contributed by atoms with E-state index in [4.69, 9.17) is 9.47 Å². The lowest BCUT2D eigenvalue weighted by Crippen LogP contribution is -2.40. The zero-order valence-corrected chi connectivity index (χ0v) is 14.1. The molecule has 0 spiro atoms. The number of hydrogen-bond acceptors (Lipinski definition) is 5. The second-order valence-corrected chi connectivity index (χ2v) is 6.06. The zero-order chi connectivity index (χ0) is 17.6. The zero-order valence-electron chi connectivity index (χ0n) is 14.1. The van der Waals surface area contributed by atoms with Crippen LogP contribution in [0.25, 0.3) is 0 Å². The van der Waals surface area contributed by atoms with Crippen LogP contribution < -0.4 is 0 Å². The van der Waals surface area contributed by atoms with Crippen LogP contribution in [0.5, 0.6) is 0 Å². The summed E-state index contributed by atoms with van der Waals surface area (Å²) in [4.78, 5) is 13.7. The van der Waals surface area contributed by atoms with Crippen LogP contribution in [0.4, 0.5) is 0 Å². The van der Waals surface area contributed by atoms with E-state index in [1.807, 2.05) is 30.3 Å². The van der Waals surface area contributed by atoms with Crippen molar-refractivity contribution >= 4 is 5.97 Å². The Morgan fingerprint density at radius 1 is 1.24 bits per heavy atom. The molecule has 0 amide bonds. The topological polar surface area (TPSA) is 62.6 Å². The minimum atomic E-state index is -0.373. The first-order chi connectivity index (χ1) is 12.2. The number of carbonyl (C=O) groups excluding carboxylic acids is 1. The van der Waals surface area contributed by atoms with E-state index < -0.39 is 0 Å². The van der Waals surface area contributed by atoms with Crippen LogP contribution in [0.15, 0.2) is 54.6 Å². The third-order valence-electron chi connectivity index (χ3n) is 4.33. The molecule has 0 unspecified atom stereocenters. The van der Waals surface area contributed by atoms with E-state index in [2.05, 4.69) is 23.1 Å². The van der Waals surface area contributed by atoms with Crippen molar-refractivity contribution in [1.29, 1.82) is 5.26 Å². The van der Waals surface area contributed by atoms with E-state index in [0.717, 1.165) is 12.1 Å². The van der Waals surface area contributed by atoms with E-state index in [1.165, 1.54) is 12.7 Å². The van der Waals surface area contributed by atoms with Gasteiger partial charge in [-0.15, -0.1) is 0 Å². The van der Waals surface area contributed by atoms with Crippen molar-refractivity contribution in [3.63, 3.8) is 0 Å². The Morgan fingerprint density at radius 3 is 2.60 bits per heavy atom. The molecule has 1 aliphatic heterocycles. The molecule has 0 N–H and O–H groups in total. The van der Waals surface area contributed by atoms with Crippen LogP contribution in [0, 0.1) is 17.2 Å². The van der Waals surface area contributed by atoms with Gasteiger partial charge >= 0.3 is 5.97 Å². The molecule has 1 aliphatic rings. The first kappa shape index (κ1) is 17.2. The molecule has 2 atom stereocenters. The molecule has 1 saturated heterocycles. The van der Waals surface area contributed by atoms with Crippen LogP contribution in [0.2, 0.25) is 0 Å². The molecule has 0 saturated carbocycles. The van der Waals surface area contributed by atoms with Crippen molar-refractivity contribution in [1.82, 2.24) is 4.90 Å². The van der Waals surface area contributed by atoms with Crippen molar-refractivity contribution in [2.24, 2.45) is 5.92 Å². The Hall–Kier alpha value is -2.68. The molecule has 2 aromatic carbocycles. The van der Waals surface area contributed by atoms with Crippen molar-refractivity contribution in [2.75, 3.05) is 20.4 Å². The Balaban J connectivity index is 1.68. The predicted molar refractivity (Wildman–Crippen MR) is 92.4 cm³/mol. The molecule has 0 aliphatic carbocycles. The van der Waals surface area contributed by atoms with Gasteiger partial charge in [0.25, 0.3) is 0 Å². The van der Waals surface area contributed by atoms with Crippen LogP contribution in [-0.4, -0.2) is 31.3 Å². The molecule has 2 aromatic rings. The first-order valence-electron chi connectivity index (χ1n) is 8.17. The van der Waals surface area contributed by atoms with Gasteiger partial charge in [0.15, 0.2) is 0 Å². The highest BCUT2D eigenvalue weighted by molar-refractivity contribution is 5.89. The molecule has 128 valence electrons. The number of nitrogens with zero attached hydrogens (tertiary/aromatic N) is 2. The largest absolute Gasteiger partial charge is 0.465 e. The van der Waals surface area contributed by atoms with Gasteiger partial charge in [0.1, 0.15) is 12.8 Å². The molecule has 0 aromatic heterocycles. The Morgan fingerprint density at radius 2 is 1.96 bits per heavy atom. The fraction of sp³-hybridized carbons (Fsp3) is 0.300. The molecule has 0 bridgehead atoms. The molecular formula is C20H20N2O3. The number of esters is 1. The van der Waals surface area contributed by atoms with Gasteiger partial charge in [0.05, 0.1) is 24.7 Å². The minimum absolute atomic E-state index is 0.263.